The molecule has 0 spiro atoms. The van der Waals surface area contributed by atoms with Gasteiger partial charge in [-0.2, -0.15) is 0 Å². The number of anilines is 2. The number of halogens is 2. The van der Waals surface area contributed by atoms with Crippen LogP contribution in [0.5, 0.6) is 0 Å². The molecule has 1 aromatic carbocycles. The Kier molecular flexibility index (Phi) is 3.85. The molecule has 1 aliphatic rings. The van der Waals surface area contributed by atoms with E-state index in [0.29, 0.717) is 26.5 Å². The number of aromatic nitrogens is 4. The maximum absolute atomic E-state index is 13.9. The molecule has 1 aliphatic heterocycles. The summed E-state index contributed by atoms with van der Waals surface area (Å²) in [4.78, 5) is 13.2. The molecule has 1 fully saturated rings. The van der Waals surface area contributed by atoms with Gasteiger partial charge in [0.25, 0.3) is 0 Å². The minimum atomic E-state index is -0.340. The largest absolute Gasteiger partial charge is 0.358 e. The van der Waals surface area contributed by atoms with Gasteiger partial charge in [0.1, 0.15) is 12.0 Å². The van der Waals surface area contributed by atoms with Crippen LogP contribution in [0.15, 0.2) is 30.6 Å². The molecule has 0 amide bonds. The predicted molar refractivity (Wildman–Crippen MR) is 91.9 cm³/mol. The van der Waals surface area contributed by atoms with E-state index in [0.717, 1.165) is 19.4 Å². The fourth-order valence-electron chi connectivity index (χ4n) is 2.66. The smallest absolute Gasteiger partial charge is 0.194 e. The van der Waals surface area contributed by atoms with Crippen molar-refractivity contribution in [1.29, 1.82) is 0 Å². The lowest BCUT2D eigenvalue weighted by molar-refractivity contribution is 0.0592. The zero-order valence-corrected chi connectivity index (χ0v) is 14.2. The van der Waals surface area contributed by atoms with E-state index < -0.39 is 0 Å². The highest BCUT2D eigenvalue weighted by atomic mass is 127. The highest BCUT2D eigenvalue weighted by Crippen LogP contribution is 2.29. The van der Waals surface area contributed by atoms with Gasteiger partial charge in [0.05, 0.1) is 12.0 Å². The number of nitrogens with one attached hydrogen (secondary N) is 1. The fourth-order valence-corrected chi connectivity index (χ4v) is 3.13. The zero-order valence-electron chi connectivity index (χ0n) is 12.0. The number of hydrogen-bond donors (Lipinski definition) is 1. The van der Waals surface area contributed by atoms with E-state index in [2.05, 4.69) is 20.3 Å². The first kappa shape index (κ1) is 14.8. The Morgan fingerprint density at radius 2 is 2.17 bits per heavy atom. The predicted octanol–water partition coefficient (Wildman–Crippen LogP) is 3.62. The second kappa shape index (κ2) is 6.00. The lowest BCUT2D eigenvalue weighted by atomic mass is 10.3. The molecule has 1 saturated heterocycles. The van der Waals surface area contributed by atoms with Crippen molar-refractivity contribution < 1.29 is 9.13 Å². The quantitative estimate of drug-likeness (QED) is 0.513. The van der Waals surface area contributed by atoms with E-state index >= 15 is 0 Å². The van der Waals surface area contributed by atoms with Gasteiger partial charge >= 0.3 is 0 Å². The molecule has 6 nitrogen and oxygen atoms in total. The van der Waals surface area contributed by atoms with Crippen molar-refractivity contribution in [3.05, 3.63) is 40.2 Å². The van der Waals surface area contributed by atoms with Crippen LogP contribution in [0.25, 0.3) is 11.2 Å². The standard InChI is InChI=1S/C15H13FIN5O/c16-9-4-1-2-5-10(9)19-13-12-14(21-15(17)20-13)22(8-18-12)11-6-3-7-23-11/h1-2,4-5,8,11H,3,6-7H2,(H,19,20,21). The van der Waals surface area contributed by atoms with Crippen LogP contribution in [0.1, 0.15) is 19.1 Å². The number of nitrogens with zero attached hydrogens (tertiary/aromatic N) is 4. The lowest BCUT2D eigenvalue weighted by Crippen LogP contribution is -2.08. The Labute approximate surface area is 145 Å². The van der Waals surface area contributed by atoms with E-state index in [1.807, 2.05) is 27.2 Å². The third-order valence-corrected chi connectivity index (χ3v) is 4.22. The Morgan fingerprint density at radius 3 is 2.96 bits per heavy atom. The van der Waals surface area contributed by atoms with Crippen molar-refractivity contribution in [2.75, 3.05) is 11.9 Å². The highest BCUT2D eigenvalue weighted by molar-refractivity contribution is 14.1. The molecule has 0 bridgehead atoms. The zero-order chi connectivity index (χ0) is 15.8. The Bertz CT molecular complexity index is 862. The van der Waals surface area contributed by atoms with Crippen molar-refractivity contribution in [3.8, 4) is 0 Å². The fraction of sp³-hybridized carbons (Fsp3) is 0.267. The third-order valence-electron chi connectivity index (χ3n) is 3.74. The van der Waals surface area contributed by atoms with Gasteiger partial charge in [0.2, 0.25) is 0 Å². The van der Waals surface area contributed by atoms with Crippen LogP contribution in [-0.2, 0) is 4.74 Å². The lowest BCUT2D eigenvalue weighted by Gasteiger charge is -2.12. The van der Waals surface area contributed by atoms with Crippen molar-refractivity contribution >= 4 is 45.3 Å². The molecule has 0 saturated carbocycles. The van der Waals surface area contributed by atoms with Crippen LogP contribution < -0.4 is 5.32 Å². The summed E-state index contributed by atoms with van der Waals surface area (Å²) in [6.45, 7) is 0.743. The molecular weight excluding hydrogens is 412 g/mol. The first-order valence-electron chi connectivity index (χ1n) is 7.25. The molecule has 3 aromatic rings. The normalized spacial score (nSPS) is 17.7. The molecule has 1 atom stereocenters. The van der Waals surface area contributed by atoms with E-state index in [1.165, 1.54) is 6.07 Å². The molecule has 8 heteroatoms. The van der Waals surface area contributed by atoms with Gasteiger partial charge in [0.15, 0.2) is 20.8 Å². The Morgan fingerprint density at radius 1 is 1.30 bits per heavy atom. The SMILES string of the molecule is Fc1ccccc1Nc1nc(I)nc2c1ncn2C1CCCO1. The summed E-state index contributed by atoms with van der Waals surface area (Å²) >= 11 is 2.04. The van der Waals surface area contributed by atoms with Gasteiger partial charge in [-0.25, -0.2) is 19.3 Å². The first-order valence-corrected chi connectivity index (χ1v) is 8.33. The maximum Gasteiger partial charge on any atom is 0.194 e. The van der Waals surface area contributed by atoms with Crippen molar-refractivity contribution in [2.24, 2.45) is 0 Å². The number of fused-ring (bicyclic) bond motifs is 1. The van der Waals surface area contributed by atoms with Gasteiger partial charge in [-0.15, -0.1) is 0 Å². The molecule has 23 heavy (non-hydrogen) atoms. The monoisotopic (exact) mass is 425 g/mol. The summed E-state index contributed by atoms with van der Waals surface area (Å²) in [7, 11) is 0. The second-order valence-corrected chi connectivity index (χ2v) is 6.20. The number of para-hydroxylation sites is 1. The minimum absolute atomic E-state index is 0.0491. The highest BCUT2D eigenvalue weighted by Gasteiger charge is 2.22. The maximum atomic E-state index is 13.9. The van der Waals surface area contributed by atoms with Crippen molar-refractivity contribution in [1.82, 2.24) is 19.5 Å². The van der Waals surface area contributed by atoms with E-state index in [1.54, 1.807) is 24.5 Å². The topological polar surface area (TPSA) is 64.9 Å². The van der Waals surface area contributed by atoms with Gasteiger partial charge in [-0.05, 0) is 25.0 Å². The van der Waals surface area contributed by atoms with Crippen molar-refractivity contribution in [2.45, 2.75) is 19.1 Å². The summed E-state index contributed by atoms with van der Waals surface area (Å²) in [5.41, 5.74) is 1.65. The average Bonchev–Trinajstić information content (AvgIpc) is 3.18. The van der Waals surface area contributed by atoms with Crippen LogP contribution in [0.2, 0.25) is 0 Å². The molecule has 0 radical (unpaired) electrons. The molecule has 3 heterocycles. The number of ether oxygens (including phenoxy) is 1. The number of benzene rings is 1. The number of rotatable bonds is 3. The van der Waals surface area contributed by atoms with Crippen LogP contribution in [-0.4, -0.2) is 26.1 Å². The van der Waals surface area contributed by atoms with Gasteiger partial charge in [-0.1, -0.05) is 12.1 Å². The third kappa shape index (κ3) is 2.76. The molecule has 118 valence electrons. The van der Waals surface area contributed by atoms with Crippen LogP contribution in [0.3, 0.4) is 0 Å². The summed E-state index contributed by atoms with van der Waals surface area (Å²) in [6.07, 6.45) is 3.61. The van der Waals surface area contributed by atoms with Crippen LogP contribution in [0.4, 0.5) is 15.9 Å². The van der Waals surface area contributed by atoms with Gasteiger partial charge < -0.3 is 10.1 Å². The molecule has 0 aliphatic carbocycles. The van der Waals surface area contributed by atoms with E-state index in [-0.39, 0.29) is 12.0 Å². The molecule has 1 unspecified atom stereocenters. The molecular formula is C15H13FIN5O. The summed E-state index contributed by atoms with van der Waals surface area (Å²) in [5.74, 6) is 0.147. The first-order chi connectivity index (χ1) is 11.2. The number of imidazole rings is 1. The summed E-state index contributed by atoms with van der Waals surface area (Å²) in [5, 5.41) is 3.01. The average molecular weight is 425 g/mol. The van der Waals surface area contributed by atoms with Gasteiger partial charge in [-0.3, -0.25) is 4.57 Å². The summed E-state index contributed by atoms with van der Waals surface area (Å²) < 4.78 is 22.1. The molecule has 2 aromatic heterocycles. The minimum Gasteiger partial charge on any atom is -0.358 e. The van der Waals surface area contributed by atoms with E-state index in [4.69, 9.17) is 4.74 Å². The Balaban J connectivity index is 1.79. The summed E-state index contributed by atoms with van der Waals surface area (Å²) in [6, 6.07) is 6.47. The molecule has 1 N–H and O–H groups in total. The number of hydrogen-bond acceptors (Lipinski definition) is 5. The van der Waals surface area contributed by atoms with Crippen LogP contribution in [0, 0.1) is 9.65 Å². The van der Waals surface area contributed by atoms with Crippen molar-refractivity contribution in [3.63, 3.8) is 0 Å². The molecule has 4 rings (SSSR count). The Hall–Kier alpha value is -1.81. The van der Waals surface area contributed by atoms with E-state index in [9.17, 15) is 4.39 Å². The second-order valence-electron chi connectivity index (χ2n) is 5.24. The van der Waals surface area contributed by atoms with Crippen LogP contribution >= 0.6 is 22.6 Å². The van der Waals surface area contributed by atoms with Gasteiger partial charge in [0, 0.05) is 29.2 Å².